The molecule has 2 rings (SSSR count). The van der Waals surface area contributed by atoms with Crippen molar-refractivity contribution in [3.8, 4) is 5.75 Å². The van der Waals surface area contributed by atoms with Gasteiger partial charge < -0.3 is 10.1 Å². The first-order valence-electron chi connectivity index (χ1n) is 5.45. The van der Waals surface area contributed by atoms with E-state index in [0.717, 1.165) is 13.8 Å². The molecule has 0 saturated heterocycles. The fourth-order valence-electron chi connectivity index (χ4n) is 1.51. The van der Waals surface area contributed by atoms with Gasteiger partial charge in [0.05, 0.1) is 19.2 Å². The van der Waals surface area contributed by atoms with Gasteiger partial charge in [0.1, 0.15) is 5.75 Å². The zero-order chi connectivity index (χ0) is 13.8. The molecule has 0 spiro atoms. The number of thiophene rings is 1. The lowest BCUT2D eigenvalue weighted by Gasteiger charge is -2.07. The number of nitrogens with one attached hydrogen (secondary N) is 1. The molecule has 0 radical (unpaired) electrons. The Bertz CT molecular complexity index is 598. The Morgan fingerprint density at radius 3 is 2.79 bits per heavy atom. The molecule has 0 aliphatic heterocycles. The van der Waals surface area contributed by atoms with Crippen molar-refractivity contribution in [3.05, 3.63) is 49.0 Å². The van der Waals surface area contributed by atoms with Gasteiger partial charge in [-0.05, 0) is 56.1 Å². The molecule has 19 heavy (non-hydrogen) atoms. The molecular weight excluding hydrogens is 394 g/mol. The van der Waals surface area contributed by atoms with Crippen LogP contribution in [0.5, 0.6) is 5.75 Å². The van der Waals surface area contributed by atoms with Gasteiger partial charge in [0.25, 0.3) is 5.91 Å². The van der Waals surface area contributed by atoms with Gasteiger partial charge in [-0.3, -0.25) is 4.79 Å². The van der Waals surface area contributed by atoms with E-state index >= 15 is 0 Å². The van der Waals surface area contributed by atoms with E-state index in [1.807, 2.05) is 11.4 Å². The first-order valence-corrected chi connectivity index (χ1v) is 7.91. The highest BCUT2D eigenvalue weighted by molar-refractivity contribution is 9.10. The van der Waals surface area contributed by atoms with Crippen LogP contribution in [0.25, 0.3) is 0 Å². The van der Waals surface area contributed by atoms with Crippen molar-refractivity contribution in [2.75, 3.05) is 7.11 Å². The summed E-state index contributed by atoms with van der Waals surface area (Å²) in [6, 6.07) is 7.31. The Kier molecular flexibility index (Phi) is 5.01. The largest absolute Gasteiger partial charge is 0.497 e. The molecule has 0 saturated carbocycles. The smallest absolute Gasteiger partial charge is 0.252 e. The molecule has 1 amide bonds. The van der Waals surface area contributed by atoms with Gasteiger partial charge in [-0.1, -0.05) is 0 Å². The number of hydrogen-bond donors (Lipinski definition) is 1. The third kappa shape index (κ3) is 3.81. The maximum absolute atomic E-state index is 12.1. The standard InChI is InChI=1S/C13H11Br2NO2S/c1-18-9-2-3-12(15)11(5-9)13(17)16-6-10-4-8(14)7-19-10/h2-5,7H,6H2,1H3,(H,16,17). The van der Waals surface area contributed by atoms with Gasteiger partial charge in [0.2, 0.25) is 0 Å². The minimum atomic E-state index is -0.129. The normalized spacial score (nSPS) is 10.3. The summed E-state index contributed by atoms with van der Waals surface area (Å²) in [5.74, 6) is 0.530. The Labute approximate surface area is 132 Å². The van der Waals surface area contributed by atoms with Gasteiger partial charge in [0, 0.05) is 19.2 Å². The van der Waals surface area contributed by atoms with E-state index in [9.17, 15) is 4.79 Å². The Balaban J connectivity index is 2.07. The minimum Gasteiger partial charge on any atom is -0.497 e. The van der Waals surface area contributed by atoms with E-state index in [4.69, 9.17) is 4.74 Å². The number of halogens is 2. The molecule has 100 valence electrons. The quantitative estimate of drug-likeness (QED) is 0.828. The molecule has 0 unspecified atom stereocenters. The van der Waals surface area contributed by atoms with E-state index in [2.05, 4.69) is 37.2 Å². The Hall–Kier alpha value is -0.850. The van der Waals surface area contributed by atoms with Crippen molar-refractivity contribution in [1.29, 1.82) is 0 Å². The van der Waals surface area contributed by atoms with Crippen LogP contribution in [0.2, 0.25) is 0 Å². The van der Waals surface area contributed by atoms with Crippen molar-refractivity contribution in [1.82, 2.24) is 5.32 Å². The highest BCUT2D eigenvalue weighted by Crippen LogP contribution is 2.23. The molecule has 3 nitrogen and oxygen atoms in total. The first kappa shape index (κ1) is 14.6. The molecule has 1 N–H and O–H groups in total. The van der Waals surface area contributed by atoms with E-state index < -0.39 is 0 Å². The van der Waals surface area contributed by atoms with E-state index in [0.29, 0.717) is 17.9 Å². The molecule has 0 aliphatic carbocycles. The number of amides is 1. The van der Waals surface area contributed by atoms with Crippen molar-refractivity contribution >= 4 is 49.1 Å². The number of carbonyl (C=O) groups excluding carboxylic acids is 1. The van der Waals surface area contributed by atoms with Crippen LogP contribution < -0.4 is 10.1 Å². The van der Waals surface area contributed by atoms with Gasteiger partial charge in [-0.2, -0.15) is 0 Å². The van der Waals surface area contributed by atoms with Crippen LogP contribution in [0, 0.1) is 0 Å². The third-order valence-corrected chi connectivity index (χ3v) is 4.85. The van der Waals surface area contributed by atoms with Crippen molar-refractivity contribution < 1.29 is 9.53 Å². The summed E-state index contributed by atoms with van der Waals surface area (Å²) in [4.78, 5) is 13.2. The molecule has 0 aliphatic rings. The van der Waals surface area contributed by atoms with E-state index in [1.54, 1.807) is 36.6 Å². The number of carbonyl (C=O) groups is 1. The highest BCUT2D eigenvalue weighted by Gasteiger charge is 2.11. The summed E-state index contributed by atoms with van der Waals surface area (Å²) in [6.07, 6.45) is 0. The van der Waals surface area contributed by atoms with Crippen LogP contribution in [-0.4, -0.2) is 13.0 Å². The third-order valence-electron chi connectivity index (χ3n) is 2.46. The Morgan fingerprint density at radius 2 is 2.16 bits per heavy atom. The van der Waals surface area contributed by atoms with Gasteiger partial charge in [-0.25, -0.2) is 0 Å². The average Bonchev–Trinajstić information content (AvgIpc) is 2.82. The Morgan fingerprint density at radius 1 is 1.37 bits per heavy atom. The molecular formula is C13H11Br2NO2S. The molecule has 1 heterocycles. The number of rotatable bonds is 4. The number of ether oxygens (including phenoxy) is 1. The van der Waals surface area contributed by atoms with Gasteiger partial charge in [-0.15, -0.1) is 11.3 Å². The zero-order valence-corrected chi connectivity index (χ0v) is 14.1. The lowest BCUT2D eigenvalue weighted by atomic mass is 10.2. The lowest BCUT2D eigenvalue weighted by Crippen LogP contribution is -2.22. The van der Waals surface area contributed by atoms with Crippen LogP contribution in [0.3, 0.4) is 0 Å². The second kappa shape index (κ2) is 6.54. The summed E-state index contributed by atoms with van der Waals surface area (Å²) < 4.78 is 6.90. The number of benzene rings is 1. The molecule has 2 aromatic rings. The molecule has 1 aromatic heterocycles. The monoisotopic (exact) mass is 403 g/mol. The fraction of sp³-hybridized carbons (Fsp3) is 0.154. The maximum atomic E-state index is 12.1. The summed E-state index contributed by atoms with van der Waals surface area (Å²) in [7, 11) is 1.58. The first-order chi connectivity index (χ1) is 9.10. The zero-order valence-electron chi connectivity index (χ0n) is 10.1. The van der Waals surface area contributed by atoms with Crippen LogP contribution >= 0.6 is 43.2 Å². The van der Waals surface area contributed by atoms with Crippen molar-refractivity contribution in [2.45, 2.75) is 6.54 Å². The number of methoxy groups -OCH3 is 1. The second-order valence-corrected chi connectivity index (χ2v) is 6.53. The van der Waals surface area contributed by atoms with Gasteiger partial charge in [0.15, 0.2) is 0 Å². The summed E-state index contributed by atoms with van der Waals surface area (Å²) in [5.41, 5.74) is 0.565. The topological polar surface area (TPSA) is 38.3 Å². The highest BCUT2D eigenvalue weighted by atomic mass is 79.9. The average molecular weight is 405 g/mol. The summed E-state index contributed by atoms with van der Waals surface area (Å²) >= 11 is 8.36. The minimum absolute atomic E-state index is 0.129. The molecule has 1 aromatic carbocycles. The maximum Gasteiger partial charge on any atom is 0.252 e. The van der Waals surface area contributed by atoms with E-state index in [-0.39, 0.29) is 5.91 Å². The predicted octanol–water partition coefficient (Wildman–Crippen LogP) is 4.21. The van der Waals surface area contributed by atoms with E-state index in [1.165, 1.54) is 0 Å². The van der Waals surface area contributed by atoms with Crippen LogP contribution in [-0.2, 0) is 6.54 Å². The predicted molar refractivity (Wildman–Crippen MR) is 83.9 cm³/mol. The molecule has 0 atom stereocenters. The van der Waals surface area contributed by atoms with Crippen LogP contribution in [0.4, 0.5) is 0 Å². The lowest BCUT2D eigenvalue weighted by molar-refractivity contribution is 0.0950. The molecule has 6 heteroatoms. The second-order valence-electron chi connectivity index (χ2n) is 3.76. The molecule has 0 fully saturated rings. The fourth-order valence-corrected chi connectivity index (χ4v) is 3.33. The summed E-state index contributed by atoms with van der Waals surface area (Å²) in [6.45, 7) is 0.513. The van der Waals surface area contributed by atoms with Crippen molar-refractivity contribution in [3.63, 3.8) is 0 Å². The van der Waals surface area contributed by atoms with Crippen molar-refractivity contribution in [2.24, 2.45) is 0 Å². The number of hydrogen-bond acceptors (Lipinski definition) is 3. The summed E-state index contributed by atoms with van der Waals surface area (Å²) in [5, 5.41) is 4.87. The molecule has 0 bridgehead atoms. The van der Waals surface area contributed by atoms with Crippen LogP contribution in [0.15, 0.2) is 38.6 Å². The SMILES string of the molecule is COc1ccc(Br)c(C(=O)NCc2cc(Br)cs2)c1. The van der Waals surface area contributed by atoms with Gasteiger partial charge >= 0.3 is 0 Å². The van der Waals surface area contributed by atoms with Crippen LogP contribution in [0.1, 0.15) is 15.2 Å².